The van der Waals surface area contributed by atoms with Crippen LogP contribution in [0.4, 0.5) is 5.82 Å². The molecule has 0 aromatic carbocycles. The van der Waals surface area contributed by atoms with Crippen LogP contribution in [-0.2, 0) is 0 Å². The quantitative estimate of drug-likeness (QED) is 0.600. The molecule has 0 unspecified atom stereocenters. The summed E-state index contributed by atoms with van der Waals surface area (Å²) >= 11 is 0. The zero-order valence-corrected chi connectivity index (χ0v) is 9.93. The van der Waals surface area contributed by atoms with Crippen molar-refractivity contribution in [2.75, 3.05) is 13.6 Å². The highest BCUT2D eigenvalue weighted by Crippen LogP contribution is 2.12. The summed E-state index contributed by atoms with van der Waals surface area (Å²) in [5, 5.41) is 20.0. The van der Waals surface area contributed by atoms with Gasteiger partial charge in [0.15, 0.2) is 5.69 Å². The highest BCUT2D eigenvalue weighted by atomic mass is 16.6. The van der Waals surface area contributed by atoms with Crippen molar-refractivity contribution in [1.29, 1.82) is 0 Å². The predicted octanol–water partition coefficient (Wildman–Crippen LogP) is 0.766. The van der Waals surface area contributed by atoms with Gasteiger partial charge in [0.1, 0.15) is 0 Å². The molecule has 1 heterocycles. The zero-order valence-electron chi connectivity index (χ0n) is 9.93. The molecule has 1 aromatic heterocycles. The maximum Gasteiger partial charge on any atom is 0.321 e. The van der Waals surface area contributed by atoms with Crippen LogP contribution in [0.5, 0.6) is 0 Å². The lowest BCUT2D eigenvalue weighted by Crippen LogP contribution is -2.39. The number of carbonyl (C=O) groups is 1. The Morgan fingerprint density at radius 3 is 2.59 bits per heavy atom. The van der Waals surface area contributed by atoms with E-state index in [1.165, 1.54) is 24.1 Å². The van der Waals surface area contributed by atoms with Gasteiger partial charge in [0.25, 0.3) is 5.91 Å². The lowest BCUT2D eigenvalue weighted by molar-refractivity contribution is -0.389. The topological polar surface area (TPSA) is 99.5 Å². The number of nitrogens with one attached hydrogen (secondary N) is 1. The van der Waals surface area contributed by atoms with Crippen molar-refractivity contribution in [2.24, 2.45) is 0 Å². The number of nitro groups is 1. The molecule has 0 saturated carbocycles. The summed E-state index contributed by atoms with van der Waals surface area (Å²) in [6.07, 6.45) is 0. The summed E-state index contributed by atoms with van der Waals surface area (Å²) in [6, 6.07) is 2.58. The van der Waals surface area contributed by atoms with Gasteiger partial charge in [0.2, 0.25) is 0 Å². The van der Waals surface area contributed by atoms with Gasteiger partial charge in [-0.2, -0.15) is 0 Å². The Labute approximate surface area is 98.2 Å². The second-order valence-electron chi connectivity index (χ2n) is 4.49. The number of carbonyl (C=O) groups excluding carboxylic acids is 1. The molecule has 1 aromatic rings. The number of likely N-dealkylation sites (N-methyl/N-ethyl adjacent to an activating group) is 1. The van der Waals surface area contributed by atoms with E-state index in [0.717, 1.165) is 0 Å². The molecule has 0 radical (unpaired) electrons. The minimum absolute atomic E-state index is 0.128. The Hall–Kier alpha value is -1.89. The van der Waals surface area contributed by atoms with Crippen LogP contribution in [0.15, 0.2) is 12.1 Å². The van der Waals surface area contributed by atoms with Crippen LogP contribution in [-0.4, -0.2) is 45.0 Å². The van der Waals surface area contributed by atoms with Crippen LogP contribution >= 0.6 is 0 Å². The summed E-state index contributed by atoms with van der Waals surface area (Å²) in [4.78, 5) is 25.4. The van der Waals surface area contributed by atoms with Crippen LogP contribution in [0.1, 0.15) is 24.3 Å². The van der Waals surface area contributed by atoms with Gasteiger partial charge < -0.3 is 20.1 Å². The third kappa shape index (κ3) is 3.56. The third-order valence-corrected chi connectivity index (χ3v) is 2.07. The van der Waals surface area contributed by atoms with Crippen LogP contribution in [0.3, 0.4) is 0 Å². The van der Waals surface area contributed by atoms with Gasteiger partial charge in [-0.05, 0) is 24.8 Å². The van der Waals surface area contributed by atoms with Gasteiger partial charge in [-0.3, -0.25) is 4.79 Å². The molecule has 17 heavy (non-hydrogen) atoms. The highest BCUT2D eigenvalue weighted by molar-refractivity contribution is 5.92. The van der Waals surface area contributed by atoms with Crippen molar-refractivity contribution in [2.45, 2.75) is 19.4 Å². The maximum absolute atomic E-state index is 11.8. The van der Waals surface area contributed by atoms with Crippen molar-refractivity contribution in [1.82, 2.24) is 9.88 Å². The Morgan fingerprint density at radius 2 is 2.18 bits per heavy atom. The molecule has 0 aliphatic heterocycles. The average Bonchev–Trinajstić information content (AvgIpc) is 2.62. The first kappa shape index (κ1) is 13.2. The number of aromatic amines is 1. The zero-order chi connectivity index (χ0) is 13.2. The van der Waals surface area contributed by atoms with Crippen LogP contribution in [0.25, 0.3) is 0 Å². The molecule has 0 bridgehead atoms. The van der Waals surface area contributed by atoms with Gasteiger partial charge in [0, 0.05) is 19.7 Å². The standard InChI is InChI=1S/C10H15N3O4/c1-10(2,15)6-12(3)9(14)7-4-5-8(11-7)13(16)17/h4-5,11,15H,6H2,1-3H3. The SMILES string of the molecule is CN(CC(C)(C)O)C(=O)c1ccc([N+](=O)[O-])[nH]1. The van der Waals surface area contributed by atoms with Crippen molar-refractivity contribution >= 4 is 11.7 Å². The lowest BCUT2D eigenvalue weighted by atomic mass is 10.1. The van der Waals surface area contributed by atoms with Gasteiger partial charge in [-0.15, -0.1) is 0 Å². The fraction of sp³-hybridized carbons (Fsp3) is 0.500. The number of aromatic nitrogens is 1. The predicted molar refractivity (Wildman–Crippen MR) is 60.7 cm³/mol. The van der Waals surface area contributed by atoms with E-state index >= 15 is 0 Å². The molecule has 1 amide bonds. The Morgan fingerprint density at radius 1 is 1.59 bits per heavy atom. The van der Waals surface area contributed by atoms with Gasteiger partial charge >= 0.3 is 5.82 Å². The number of nitrogens with zero attached hydrogens (tertiary/aromatic N) is 2. The third-order valence-electron chi connectivity index (χ3n) is 2.07. The van der Waals surface area contributed by atoms with Crippen LogP contribution < -0.4 is 0 Å². The van der Waals surface area contributed by atoms with E-state index in [0.29, 0.717) is 0 Å². The van der Waals surface area contributed by atoms with E-state index in [-0.39, 0.29) is 18.1 Å². The lowest BCUT2D eigenvalue weighted by Gasteiger charge is -2.24. The van der Waals surface area contributed by atoms with E-state index < -0.39 is 16.4 Å². The molecule has 0 spiro atoms. The van der Waals surface area contributed by atoms with E-state index in [2.05, 4.69) is 4.98 Å². The first-order valence-electron chi connectivity index (χ1n) is 5.02. The minimum Gasteiger partial charge on any atom is -0.389 e. The molecule has 1 rings (SSSR count). The van der Waals surface area contributed by atoms with E-state index in [1.807, 2.05) is 0 Å². The van der Waals surface area contributed by atoms with Crippen molar-refractivity contribution in [3.05, 3.63) is 27.9 Å². The van der Waals surface area contributed by atoms with Crippen molar-refractivity contribution in [3.8, 4) is 0 Å². The molecule has 0 aliphatic rings. The molecule has 0 saturated heterocycles. The monoisotopic (exact) mass is 241 g/mol. The summed E-state index contributed by atoms with van der Waals surface area (Å²) in [5.74, 6) is -0.634. The van der Waals surface area contributed by atoms with E-state index in [1.54, 1.807) is 13.8 Å². The molecule has 7 heteroatoms. The highest BCUT2D eigenvalue weighted by Gasteiger charge is 2.23. The molecule has 94 valence electrons. The first-order valence-corrected chi connectivity index (χ1v) is 5.02. The van der Waals surface area contributed by atoms with Crippen LogP contribution in [0, 0.1) is 10.1 Å². The summed E-state index contributed by atoms with van der Waals surface area (Å²) in [5.41, 5.74) is -0.883. The molecule has 0 atom stereocenters. The fourth-order valence-electron chi connectivity index (χ4n) is 1.47. The fourth-order valence-corrected chi connectivity index (χ4v) is 1.47. The number of aliphatic hydroxyl groups is 1. The van der Waals surface area contributed by atoms with Crippen molar-refractivity contribution < 1.29 is 14.8 Å². The number of H-pyrrole nitrogens is 1. The number of hydrogen-bond donors (Lipinski definition) is 2. The average molecular weight is 241 g/mol. The molecule has 7 nitrogen and oxygen atoms in total. The normalized spacial score (nSPS) is 11.3. The number of amides is 1. The minimum atomic E-state index is -1.01. The summed E-state index contributed by atoms with van der Waals surface area (Å²) < 4.78 is 0. The Kier molecular flexibility index (Phi) is 3.52. The van der Waals surface area contributed by atoms with Gasteiger partial charge in [-0.25, -0.2) is 4.98 Å². The Bertz CT molecular complexity index is 433. The maximum atomic E-state index is 11.8. The molecule has 2 N–H and O–H groups in total. The van der Waals surface area contributed by atoms with Crippen LogP contribution in [0.2, 0.25) is 0 Å². The van der Waals surface area contributed by atoms with Gasteiger partial charge in [0.05, 0.1) is 5.60 Å². The summed E-state index contributed by atoms with van der Waals surface area (Å²) in [7, 11) is 1.52. The second-order valence-corrected chi connectivity index (χ2v) is 4.49. The van der Waals surface area contributed by atoms with Crippen molar-refractivity contribution in [3.63, 3.8) is 0 Å². The largest absolute Gasteiger partial charge is 0.389 e. The van der Waals surface area contributed by atoms with Gasteiger partial charge in [-0.1, -0.05) is 0 Å². The van der Waals surface area contributed by atoms with E-state index in [4.69, 9.17) is 0 Å². The number of rotatable bonds is 4. The molecule has 0 aliphatic carbocycles. The molecular weight excluding hydrogens is 226 g/mol. The first-order chi connectivity index (χ1) is 7.70. The smallest absolute Gasteiger partial charge is 0.321 e. The molecular formula is C10H15N3O4. The number of hydrogen-bond acceptors (Lipinski definition) is 4. The molecule has 0 fully saturated rings. The van der Waals surface area contributed by atoms with E-state index in [9.17, 15) is 20.0 Å². The Balaban J connectivity index is 2.78. The second kappa shape index (κ2) is 4.54. The summed E-state index contributed by atoms with van der Waals surface area (Å²) in [6.45, 7) is 3.29.